The standard InChI is InChI=1S/C14H29NO/c1-6-14(4)9-12(15)13(16-5)8-7-10(2)11(14)3/h10-13H,6-9,15H2,1-5H3. The molecule has 0 aliphatic heterocycles. The maximum atomic E-state index is 6.29. The van der Waals surface area contributed by atoms with Gasteiger partial charge in [0.15, 0.2) is 0 Å². The average molecular weight is 227 g/mol. The fraction of sp³-hybridized carbons (Fsp3) is 1.00. The Balaban J connectivity index is 2.84. The SMILES string of the molecule is CCC1(C)CC(N)C(OC)CCC(C)C1C. The summed E-state index contributed by atoms with van der Waals surface area (Å²) in [6.45, 7) is 9.46. The monoisotopic (exact) mass is 227 g/mol. The summed E-state index contributed by atoms with van der Waals surface area (Å²) in [6.07, 6.45) is 4.91. The number of ether oxygens (including phenoxy) is 1. The van der Waals surface area contributed by atoms with E-state index in [1.54, 1.807) is 7.11 Å². The maximum Gasteiger partial charge on any atom is 0.0722 e. The van der Waals surface area contributed by atoms with Crippen LogP contribution in [0.15, 0.2) is 0 Å². The lowest BCUT2D eigenvalue weighted by Gasteiger charge is -2.44. The van der Waals surface area contributed by atoms with Crippen LogP contribution in [0.25, 0.3) is 0 Å². The van der Waals surface area contributed by atoms with Crippen LogP contribution in [-0.2, 0) is 4.74 Å². The molecule has 96 valence electrons. The number of hydrogen-bond donors (Lipinski definition) is 1. The molecule has 0 aromatic rings. The van der Waals surface area contributed by atoms with Gasteiger partial charge in [-0.3, -0.25) is 0 Å². The Morgan fingerprint density at radius 1 is 1.31 bits per heavy atom. The topological polar surface area (TPSA) is 35.2 Å². The van der Waals surface area contributed by atoms with Crippen LogP contribution in [0.1, 0.15) is 53.4 Å². The predicted molar refractivity (Wildman–Crippen MR) is 69.3 cm³/mol. The highest BCUT2D eigenvalue weighted by molar-refractivity contribution is 4.91. The predicted octanol–water partition coefficient (Wildman–Crippen LogP) is 3.20. The molecule has 5 unspecified atom stereocenters. The van der Waals surface area contributed by atoms with Crippen molar-refractivity contribution in [2.24, 2.45) is 23.0 Å². The van der Waals surface area contributed by atoms with Gasteiger partial charge in [0.25, 0.3) is 0 Å². The second kappa shape index (κ2) is 5.50. The van der Waals surface area contributed by atoms with Crippen LogP contribution in [0.5, 0.6) is 0 Å². The fourth-order valence-electron chi connectivity index (χ4n) is 3.19. The molecule has 0 saturated heterocycles. The van der Waals surface area contributed by atoms with Crippen LogP contribution < -0.4 is 5.73 Å². The van der Waals surface area contributed by atoms with Crippen LogP contribution in [0.2, 0.25) is 0 Å². The molecule has 0 bridgehead atoms. The van der Waals surface area contributed by atoms with Gasteiger partial charge in [-0.05, 0) is 36.5 Å². The van der Waals surface area contributed by atoms with Crippen molar-refractivity contribution in [3.63, 3.8) is 0 Å². The molecule has 0 radical (unpaired) electrons. The lowest BCUT2D eigenvalue weighted by molar-refractivity contribution is 0.00921. The third-order valence-electron chi connectivity index (χ3n) is 5.15. The molecule has 1 aliphatic rings. The first kappa shape index (κ1) is 14.0. The summed E-state index contributed by atoms with van der Waals surface area (Å²) >= 11 is 0. The summed E-state index contributed by atoms with van der Waals surface area (Å²) in [5, 5.41) is 0. The summed E-state index contributed by atoms with van der Waals surface area (Å²) in [4.78, 5) is 0. The number of rotatable bonds is 2. The maximum absolute atomic E-state index is 6.29. The quantitative estimate of drug-likeness (QED) is 0.786. The molecule has 1 aliphatic carbocycles. The summed E-state index contributed by atoms with van der Waals surface area (Å²) in [6, 6.07) is 0.199. The van der Waals surface area contributed by atoms with Gasteiger partial charge in [-0.1, -0.05) is 34.1 Å². The van der Waals surface area contributed by atoms with Gasteiger partial charge in [-0.15, -0.1) is 0 Å². The van der Waals surface area contributed by atoms with Gasteiger partial charge in [0.05, 0.1) is 6.10 Å². The summed E-state index contributed by atoms with van der Waals surface area (Å²) in [7, 11) is 1.80. The lowest BCUT2D eigenvalue weighted by atomic mass is 9.64. The first-order chi connectivity index (χ1) is 7.44. The van der Waals surface area contributed by atoms with Crippen molar-refractivity contribution in [1.82, 2.24) is 0 Å². The first-order valence-corrected chi connectivity index (χ1v) is 6.73. The summed E-state index contributed by atoms with van der Waals surface area (Å²) in [5.74, 6) is 1.52. The Hall–Kier alpha value is -0.0800. The van der Waals surface area contributed by atoms with Crippen LogP contribution in [-0.4, -0.2) is 19.3 Å². The van der Waals surface area contributed by atoms with E-state index in [1.165, 1.54) is 12.8 Å². The molecule has 1 fully saturated rings. The van der Waals surface area contributed by atoms with Crippen molar-refractivity contribution < 1.29 is 4.74 Å². The number of nitrogens with two attached hydrogens (primary N) is 1. The van der Waals surface area contributed by atoms with E-state index in [4.69, 9.17) is 10.5 Å². The Kier molecular flexibility index (Phi) is 4.81. The molecule has 0 aromatic carbocycles. The molecule has 0 spiro atoms. The molecule has 0 heterocycles. The molecule has 2 heteroatoms. The largest absolute Gasteiger partial charge is 0.380 e. The molecular weight excluding hydrogens is 198 g/mol. The summed E-state index contributed by atoms with van der Waals surface area (Å²) < 4.78 is 5.54. The van der Waals surface area contributed by atoms with Crippen molar-refractivity contribution in [3.05, 3.63) is 0 Å². The Morgan fingerprint density at radius 3 is 2.44 bits per heavy atom. The van der Waals surface area contributed by atoms with Crippen molar-refractivity contribution >= 4 is 0 Å². The average Bonchev–Trinajstić information content (AvgIpc) is 2.27. The van der Waals surface area contributed by atoms with Gasteiger partial charge in [0, 0.05) is 13.2 Å². The molecule has 1 saturated carbocycles. The minimum absolute atomic E-state index is 0.199. The van der Waals surface area contributed by atoms with E-state index in [1.807, 2.05) is 0 Å². The van der Waals surface area contributed by atoms with Gasteiger partial charge < -0.3 is 10.5 Å². The highest BCUT2D eigenvalue weighted by Crippen LogP contribution is 2.43. The second-order valence-corrected chi connectivity index (χ2v) is 5.99. The second-order valence-electron chi connectivity index (χ2n) is 5.99. The Morgan fingerprint density at radius 2 is 1.94 bits per heavy atom. The molecule has 16 heavy (non-hydrogen) atoms. The van der Waals surface area contributed by atoms with Crippen molar-refractivity contribution in [1.29, 1.82) is 0 Å². The minimum atomic E-state index is 0.199. The van der Waals surface area contributed by atoms with E-state index in [0.717, 1.165) is 24.7 Å². The van der Waals surface area contributed by atoms with Gasteiger partial charge in [0.2, 0.25) is 0 Å². The van der Waals surface area contributed by atoms with E-state index in [9.17, 15) is 0 Å². The van der Waals surface area contributed by atoms with Crippen molar-refractivity contribution in [2.45, 2.75) is 65.5 Å². The van der Waals surface area contributed by atoms with Gasteiger partial charge >= 0.3 is 0 Å². The molecule has 0 aromatic heterocycles. The van der Waals surface area contributed by atoms with Crippen molar-refractivity contribution in [2.75, 3.05) is 7.11 Å². The van der Waals surface area contributed by atoms with Crippen LogP contribution >= 0.6 is 0 Å². The van der Waals surface area contributed by atoms with E-state index in [0.29, 0.717) is 5.41 Å². The van der Waals surface area contributed by atoms with E-state index in [-0.39, 0.29) is 12.1 Å². The number of hydrogen-bond acceptors (Lipinski definition) is 2. The molecule has 5 atom stereocenters. The van der Waals surface area contributed by atoms with E-state index < -0.39 is 0 Å². The molecular formula is C14H29NO. The Labute approximate surface area is 101 Å². The smallest absolute Gasteiger partial charge is 0.0722 e. The third-order valence-corrected chi connectivity index (χ3v) is 5.15. The van der Waals surface area contributed by atoms with Crippen LogP contribution in [0, 0.1) is 17.3 Å². The van der Waals surface area contributed by atoms with E-state index in [2.05, 4.69) is 27.7 Å². The minimum Gasteiger partial charge on any atom is -0.380 e. The number of methoxy groups -OCH3 is 1. The van der Waals surface area contributed by atoms with E-state index >= 15 is 0 Å². The van der Waals surface area contributed by atoms with Gasteiger partial charge in [-0.25, -0.2) is 0 Å². The highest BCUT2D eigenvalue weighted by Gasteiger charge is 2.38. The summed E-state index contributed by atoms with van der Waals surface area (Å²) in [5.41, 5.74) is 6.66. The third kappa shape index (κ3) is 2.78. The molecule has 0 amide bonds. The van der Waals surface area contributed by atoms with Gasteiger partial charge in [0.1, 0.15) is 0 Å². The first-order valence-electron chi connectivity index (χ1n) is 6.73. The zero-order chi connectivity index (χ0) is 12.3. The van der Waals surface area contributed by atoms with Crippen molar-refractivity contribution in [3.8, 4) is 0 Å². The molecule has 1 rings (SSSR count). The fourth-order valence-corrected chi connectivity index (χ4v) is 3.19. The molecule has 2 nitrogen and oxygen atoms in total. The normalized spacial score (nSPS) is 46.1. The van der Waals surface area contributed by atoms with Crippen LogP contribution in [0.4, 0.5) is 0 Å². The Bertz CT molecular complexity index is 219. The van der Waals surface area contributed by atoms with Gasteiger partial charge in [-0.2, -0.15) is 0 Å². The molecule has 2 N–H and O–H groups in total. The highest BCUT2D eigenvalue weighted by atomic mass is 16.5. The zero-order valence-corrected chi connectivity index (χ0v) is 11.6. The van der Waals surface area contributed by atoms with Crippen LogP contribution in [0.3, 0.4) is 0 Å². The zero-order valence-electron chi connectivity index (χ0n) is 11.6. The lowest BCUT2D eigenvalue weighted by Crippen LogP contribution is -2.45.